The highest BCUT2D eigenvalue weighted by Gasteiger charge is 2.40. The van der Waals surface area contributed by atoms with Gasteiger partial charge in [0.1, 0.15) is 0 Å². The summed E-state index contributed by atoms with van der Waals surface area (Å²) in [4.78, 5) is 12.6. The van der Waals surface area contributed by atoms with Gasteiger partial charge in [0.05, 0.1) is 5.41 Å². The summed E-state index contributed by atoms with van der Waals surface area (Å²) in [6, 6.07) is 0. The number of aliphatic hydroxyl groups excluding tert-OH is 1. The number of hydrogen-bond donors (Lipinski definition) is 3. The molecule has 0 bridgehead atoms. The molecular formula is C16H30N2O2. The molecule has 0 heterocycles. The largest absolute Gasteiger partial charge is 0.396 e. The normalized spacial score (nSPS) is 37.9. The fourth-order valence-electron chi connectivity index (χ4n) is 3.87. The Bertz CT molecular complexity index is 324. The summed E-state index contributed by atoms with van der Waals surface area (Å²) in [5.74, 6) is 1.68. The van der Waals surface area contributed by atoms with E-state index in [9.17, 15) is 9.90 Å². The summed E-state index contributed by atoms with van der Waals surface area (Å²) in [6.07, 6.45) is 7.44. The van der Waals surface area contributed by atoms with E-state index in [1.54, 1.807) is 0 Å². The van der Waals surface area contributed by atoms with E-state index >= 15 is 0 Å². The van der Waals surface area contributed by atoms with Gasteiger partial charge in [0.15, 0.2) is 0 Å². The third-order valence-corrected chi connectivity index (χ3v) is 5.68. The highest BCUT2D eigenvalue weighted by atomic mass is 16.3. The van der Waals surface area contributed by atoms with Crippen LogP contribution in [0.1, 0.15) is 51.9 Å². The van der Waals surface area contributed by atoms with E-state index in [2.05, 4.69) is 12.2 Å². The van der Waals surface area contributed by atoms with Gasteiger partial charge in [-0.3, -0.25) is 4.79 Å². The van der Waals surface area contributed by atoms with Crippen LogP contribution in [0.25, 0.3) is 0 Å². The van der Waals surface area contributed by atoms with Crippen LogP contribution in [0.15, 0.2) is 0 Å². The van der Waals surface area contributed by atoms with Crippen molar-refractivity contribution in [3.63, 3.8) is 0 Å². The van der Waals surface area contributed by atoms with Crippen LogP contribution in [0.4, 0.5) is 0 Å². The molecule has 1 amide bonds. The van der Waals surface area contributed by atoms with E-state index in [0.29, 0.717) is 24.9 Å². The monoisotopic (exact) mass is 282 g/mol. The first-order chi connectivity index (χ1) is 9.61. The lowest BCUT2D eigenvalue weighted by Crippen LogP contribution is -2.49. The Morgan fingerprint density at radius 2 is 1.90 bits per heavy atom. The number of hydrogen-bond acceptors (Lipinski definition) is 3. The lowest BCUT2D eigenvalue weighted by atomic mass is 9.70. The zero-order valence-corrected chi connectivity index (χ0v) is 12.7. The number of rotatable bonds is 5. The van der Waals surface area contributed by atoms with Crippen LogP contribution in [-0.2, 0) is 4.79 Å². The molecule has 0 aromatic carbocycles. The molecule has 2 fully saturated rings. The van der Waals surface area contributed by atoms with Gasteiger partial charge in [-0.15, -0.1) is 0 Å². The number of amides is 1. The molecular weight excluding hydrogens is 252 g/mol. The van der Waals surface area contributed by atoms with Crippen LogP contribution < -0.4 is 11.1 Å². The Hall–Kier alpha value is -0.610. The minimum absolute atomic E-state index is 0.149. The van der Waals surface area contributed by atoms with E-state index in [4.69, 9.17) is 5.73 Å². The quantitative estimate of drug-likeness (QED) is 0.718. The zero-order valence-electron chi connectivity index (χ0n) is 12.7. The van der Waals surface area contributed by atoms with E-state index in [-0.39, 0.29) is 17.9 Å². The number of nitrogens with one attached hydrogen (secondary N) is 1. The highest BCUT2D eigenvalue weighted by Crippen LogP contribution is 2.38. The molecule has 0 aromatic rings. The van der Waals surface area contributed by atoms with Gasteiger partial charge in [-0.1, -0.05) is 13.3 Å². The van der Waals surface area contributed by atoms with Crippen molar-refractivity contribution in [2.24, 2.45) is 28.9 Å². The number of carbonyl (C=O) groups excluding carboxylic acids is 1. The first-order valence-electron chi connectivity index (χ1n) is 8.20. The predicted molar refractivity (Wildman–Crippen MR) is 80.0 cm³/mol. The average Bonchev–Trinajstić information content (AvgIpc) is 2.93. The maximum atomic E-state index is 12.6. The molecule has 0 saturated heterocycles. The lowest BCUT2D eigenvalue weighted by molar-refractivity contribution is -0.133. The molecule has 4 nitrogen and oxygen atoms in total. The molecule has 0 aromatic heterocycles. The topological polar surface area (TPSA) is 75.4 Å². The Labute approximate surface area is 122 Å². The minimum Gasteiger partial charge on any atom is -0.396 e. The molecule has 2 aliphatic carbocycles. The van der Waals surface area contributed by atoms with Crippen molar-refractivity contribution in [1.29, 1.82) is 0 Å². The summed E-state index contributed by atoms with van der Waals surface area (Å²) in [5, 5.41) is 12.5. The smallest absolute Gasteiger partial charge is 0.227 e. The molecule has 2 rings (SSSR count). The van der Waals surface area contributed by atoms with Crippen molar-refractivity contribution in [3.05, 3.63) is 0 Å². The molecule has 2 saturated carbocycles. The van der Waals surface area contributed by atoms with Crippen molar-refractivity contribution in [1.82, 2.24) is 5.32 Å². The predicted octanol–water partition coefficient (Wildman–Crippen LogP) is 1.67. The van der Waals surface area contributed by atoms with Gasteiger partial charge in [0, 0.05) is 19.7 Å². The van der Waals surface area contributed by atoms with Crippen LogP contribution in [0.5, 0.6) is 0 Å². The molecule has 116 valence electrons. The number of nitrogens with two attached hydrogens (primary N) is 1. The maximum absolute atomic E-state index is 12.6. The Kier molecular flexibility index (Phi) is 5.44. The van der Waals surface area contributed by atoms with Crippen LogP contribution in [0.3, 0.4) is 0 Å². The molecule has 20 heavy (non-hydrogen) atoms. The third-order valence-electron chi connectivity index (χ3n) is 5.68. The van der Waals surface area contributed by atoms with E-state index in [1.807, 2.05) is 0 Å². The maximum Gasteiger partial charge on any atom is 0.227 e. The van der Waals surface area contributed by atoms with E-state index < -0.39 is 0 Å². The van der Waals surface area contributed by atoms with Gasteiger partial charge >= 0.3 is 0 Å². The minimum atomic E-state index is -0.334. The molecule has 2 aliphatic rings. The second-order valence-electron chi connectivity index (χ2n) is 7.01. The Morgan fingerprint density at radius 3 is 2.50 bits per heavy atom. The number of aliphatic hydroxyl groups is 1. The summed E-state index contributed by atoms with van der Waals surface area (Å²) < 4.78 is 0. The van der Waals surface area contributed by atoms with Crippen LogP contribution in [-0.4, -0.2) is 30.7 Å². The molecule has 2 atom stereocenters. The fourth-order valence-corrected chi connectivity index (χ4v) is 3.87. The first kappa shape index (κ1) is 15.8. The van der Waals surface area contributed by atoms with Gasteiger partial charge in [-0.25, -0.2) is 0 Å². The van der Waals surface area contributed by atoms with Crippen molar-refractivity contribution in [2.45, 2.75) is 51.9 Å². The SMILES string of the molecule is CC1CCC(CN)(C(=O)NCC2CCCC2CO)CC1. The van der Waals surface area contributed by atoms with Gasteiger partial charge in [0.2, 0.25) is 5.91 Å². The molecule has 0 spiro atoms. The first-order valence-corrected chi connectivity index (χ1v) is 8.20. The summed E-state index contributed by atoms with van der Waals surface area (Å²) >= 11 is 0. The van der Waals surface area contributed by atoms with Crippen LogP contribution >= 0.6 is 0 Å². The van der Waals surface area contributed by atoms with E-state index in [1.165, 1.54) is 6.42 Å². The Morgan fingerprint density at radius 1 is 1.25 bits per heavy atom. The third kappa shape index (κ3) is 3.34. The summed E-state index contributed by atoms with van der Waals surface area (Å²) in [6.45, 7) is 3.67. The summed E-state index contributed by atoms with van der Waals surface area (Å²) in [7, 11) is 0. The standard InChI is InChI=1S/C16H30N2O2/c1-12-5-7-16(11-17,8-6-12)15(20)18-9-13-3-2-4-14(13)10-19/h12-14,19H,2-11,17H2,1H3,(H,18,20). The highest BCUT2D eigenvalue weighted by molar-refractivity contribution is 5.83. The van der Waals surface area contributed by atoms with Crippen molar-refractivity contribution in [2.75, 3.05) is 19.7 Å². The molecule has 4 N–H and O–H groups in total. The second-order valence-corrected chi connectivity index (χ2v) is 7.01. The van der Waals surface area contributed by atoms with Gasteiger partial charge in [-0.2, -0.15) is 0 Å². The van der Waals surface area contributed by atoms with Gasteiger partial charge < -0.3 is 16.2 Å². The van der Waals surface area contributed by atoms with Crippen molar-refractivity contribution >= 4 is 5.91 Å². The van der Waals surface area contributed by atoms with E-state index in [0.717, 1.165) is 44.4 Å². The zero-order chi connectivity index (χ0) is 14.6. The fraction of sp³-hybridized carbons (Fsp3) is 0.938. The van der Waals surface area contributed by atoms with Crippen molar-refractivity contribution < 1.29 is 9.90 Å². The van der Waals surface area contributed by atoms with Gasteiger partial charge in [0.25, 0.3) is 0 Å². The summed E-state index contributed by atoms with van der Waals surface area (Å²) in [5.41, 5.74) is 5.59. The average molecular weight is 282 g/mol. The number of carbonyl (C=O) groups is 1. The van der Waals surface area contributed by atoms with Gasteiger partial charge in [-0.05, 0) is 56.3 Å². The van der Waals surface area contributed by atoms with Crippen LogP contribution in [0, 0.1) is 23.2 Å². The second kappa shape index (κ2) is 6.90. The molecule has 2 unspecified atom stereocenters. The van der Waals surface area contributed by atoms with Crippen molar-refractivity contribution in [3.8, 4) is 0 Å². The Balaban J connectivity index is 1.86. The lowest BCUT2D eigenvalue weighted by Gasteiger charge is -2.37. The molecule has 4 heteroatoms. The molecule has 0 radical (unpaired) electrons. The van der Waals surface area contributed by atoms with Crippen LogP contribution in [0.2, 0.25) is 0 Å². The molecule has 0 aliphatic heterocycles.